The van der Waals surface area contributed by atoms with Gasteiger partial charge in [0.25, 0.3) is 0 Å². The molecule has 0 aliphatic heterocycles. The molecule has 0 aliphatic carbocycles. The van der Waals surface area contributed by atoms with Crippen molar-refractivity contribution in [2.75, 3.05) is 25.4 Å². The maximum atomic E-state index is 11.6. The van der Waals surface area contributed by atoms with Crippen molar-refractivity contribution in [3.05, 3.63) is 24.4 Å². The van der Waals surface area contributed by atoms with Crippen LogP contribution in [0.2, 0.25) is 0 Å². The van der Waals surface area contributed by atoms with Gasteiger partial charge in [-0.1, -0.05) is 6.07 Å². The Labute approximate surface area is 84.2 Å². The third kappa shape index (κ3) is 2.02. The van der Waals surface area contributed by atoms with Crippen LogP contribution in [-0.2, 0) is 10.2 Å². The van der Waals surface area contributed by atoms with Gasteiger partial charge in [-0.05, 0) is 12.1 Å². The van der Waals surface area contributed by atoms with E-state index in [0.717, 1.165) is 8.61 Å². The number of aromatic nitrogens is 1. The number of nitrogens with zero attached hydrogens (tertiary/aromatic N) is 3. The Kier molecular flexibility index (Phi) is 3.07. The molecule has 6 heteroatoms. The summed E-state index contributed by atoms with van der Waals surface area (Å²) in [5, 5.41) is 0. The van der Waals surface area contributed by atoms with Gasteiger partial charge in [-0.2, -0.15) is 12.7 Å². The second kappa shape index (κ2) is 3.93. The summed E-state index contributed by atoms with van der Waals surface area (Å²) in [5.74, 6) is 0.404. The molecule has 0 aliphatic rings. The highest BCUT2D eigenvalue weighted by Crippen LogP contribution is 2.12. The summed E-state index contributed by atoms with van der Waals surface area (Å²) in [5.41, 5.74) is 0. The summed E-state index contributed by atoms with van der Waals surface area (Å²) in [6.45, 7) is 0. The summed E-state index contributed by atoms with van der Waals surface area (Å²) < 4.78 is 25.6. The standard InChI is InChI=1S/C8H13N3O2S/c1-10(2)14(12,13)11(3)8-6-4-5-7-9-8/h4-7H,1-3H3. The number of pyridine rings is 1. The molecule has 0 spiro atoms. The van der Waals surface area contributed by atoms with Crippen LogP contribution >= 0.6 is 0 Å². The van der Waals surface area contributed by atoms with Crippen LogP contribution in [0.25, 0.3) is 0 Å². The monoisotopic (exact) mass is 215 g/mol. The Balaban J connectivity index is 3.03. The van der Waals surface area contributed by atoms with Gasteiger partial charge in [0.2, 0.25) is 0 Å². The fourth-order valence-electron chi connectivity index (χ4n) is 0.903. The average molecular weight is 215 g/mol. The molecule has 0 radical (unpaired) electrons. The van der Waals surface area contributed by atoms with Crippen LogP contribution in [0, 0.1) is 0 Å². The molecule has 0 saturated carbocycles. The molecule has 14 heavy (non-hydrogen) atoms. The molecule has 78 valence electrons. The summed E-state index contributed by atoms with van der Waals surface area (Å²) >= 11 is 0. The highest BCUT2D eigenvalue weighted by Gasteiger charge is 2.21. The van der Waals surface area contributed by atoms with Crippen molar-refractivity contribution in [3.8, 4) is 0 Å². The smallest absolute Gasteiger partial charge is 0.244 e. The van der Waals surface area contributed by atoms with Crippen LogP contribution in [0.1, 0.15) is 0 Å². The predicted octanol–water partition coefficient (Wildman–Crippen LogP) is 0.324. The molecule has 0 atom stereocenters. The Hall–Kier alpha value is -1.14. The Morgan fingerprint density at radius 3 is 2.29 bits per heavy atom. The van der Waals surface area contributed by atoms with Gasteiger partial charge in [-0.3, -0.25) is 0 Å². The Morgan fingerprint density at radius 2 is 1.86 bits per heavy atom. The molecule has 0 bridgehead atoms. The van der Waals surface area contributed by atoms with E-state index in [0.29, 0.717) is 5.82 Å². The number of hydrogen-bond donors (Lipinski definition) is 0. The maximum Gasteiger partial charge on any atom is 0.304 e. The lowest BCUT2D eigenvalue weighted by molar-refractivity contribution is 0.518. The zero-order chi connectivity index (χ0) is 10.8. The van der Waals surface area contributed by atoms with E-state index in [4.69, 9.17) is 0 Å². The lowest BCUT2D eigenvalue weighted by Gasteiger charge is -2.21. The molecule has 5 nitrogen and oxygen atoms in total. The summed E-state index contributed by atoms with van der Waals surface area (Å²) in [4.78, 5) is 3.95. The first-order chi connectivity index (χ1) is 6.46. The van der Waals surface area contributed by atoms with Gasteiger partial charge in [0, 0.05) is 27.3 Å². The third-order valence-electron chi connectivity index (χ3n) is 1.78. The molecule has 0 unspecified atom stereocenters. The van der Waals surface area contributed by atoms with Crippen LogP contribution in [0.4, 0.5) is 5.82 Å². The largest absolute Gasteiger partial charge is 0.304 e. The minimum Gasteiger partial charge on any atom is -0.244 e. The Morgan fingerprint density at radius 1 is 1.21 bits per heavy atom. The van der Waals surface area contributed by atoms with Crippen LogP contribution < -0.4 is 4.31 Å². The molecule has 1 aromatic rings. The van der Waals surface area contributed by atoms with Crippen molar-refractivity contribution in [3.63, 3.8) is 0 Å². The molecule has 0 saturated heterocycles. The average Bonchev–Trinajstić information content (AvgIpc) is 2.17. The van der Waals surface area contributed by atoms with Gasteiger partial charge in [-0.25, -0.2) is 9.29 Å². The van der Waals surface area contributed by atoms with E-state index in [1.807, 2.05) is 0 Å². The van der Waals surface area contributed by atoms with Gasteiger partial charge >= 0.3 is 10.2 Å². The SMILES string of the molecule is CN(C)S(=O)(=O)N(C)c1ccccn1. The first-order valence-corrected chi connectivity index (χ1v) is 5.43. The minimum absolute atomic E-state index is 0.404. The maximum absolute atomic E-state index is 11.6. The van der Waals surface area contributed by atoms with Gasteiger partial charge in [-0.15, -0.1) is 0 Å². The zero-order valence-electron chi connectivity index (χ0n) is 8.38. The number of anilines is 1. The lowest BCUT2D eigenvalue weighted by atomic mass is 10.5. The number of rotatable bonds is 3. The molecule has 1 heterocycles. The molecule has 0 fully saturated rings. The van der Waals surface area contributed by atoms with E-state index in [1.54, 1.807) is 24.4 Å². The van der Waals surface area contributed by atoms with Crippen molar-refractivity contribution in [1.29, 1.82) is 0 Å². The second-order valence-corrected chi connectivity index (χ2v) is 5.12. The summed E-state index contributed by atoms with van der Waals surface area (Å²) in [6.07, 6.45) is 1.55. The Bertz CT molecular complexity index is 388. The topological polar surface area (TPSA) is 53.5 Å². The van der Waals surface area contributed by atoms with Gasteiger partial charge in [0.1, 0.15) is 5.82 Å². The summed E-state index contributed by atoms with van der Waals surface area (Å²) in [7, 11) is 1.01. The van der Waals surface area contributed by atoms with Crippen molar-refractivity contribution in [1.82, 2.24) is 9.29 Å². The van der Waals surface area contributed by atoms with Crippen LogP contribution in [0.5, 0.6) is 0 Å². The van der Waals surface area contributed by atoms with E-state index in [9.17, 15) is 8.42 Å². The molecular weight excluding hydrogens is 202 g/mol. The minimum atomic E-state index is -3.43. The fourth-order valence-corrected chi connectivity index (χ4v) is 1.74. The van der Waals surface area contributed by atoms with Crippen molar-refractivity contribution < 1.29 is 8.42 Å². The molecule has 0 aromatic carbocycles. The van der Waals surface area contributed by atoms with Gasteiger partial charge < -0.3 is 0 Å². The molecule has 0 N–H and O–H groups in total. The van der Waals surface area contributed by atoms with Gasteiger partial charge in [0.05, 0.1) is 0 Å². The zero-order valence-corrected chi connectivity index (χ0v) is 9.19. The predicted molar refractivity (Wildman–Crippen MR) is 55.2 cm³/mol. The third-order valence-corrected chi connectivity index (χ3v) is 3.58. The van der Waals surface area contributed by atoms with E-state index in [1.165, 1.54) is 21.1 Å². The highest BCUT2D eigenvalue weighted by atomic mass is 32.2. The van der Waals surface area contributed by atoms with Crippen molar-refractivity contribution in [2.24, 2.45) is 0 Å². The van der Waals surface area contributed by atoms with Gasteiger partial charge in [0.15, 0.2) is 0 Å². The van der Waals surface area contributed by atoms with E-state index >= 15 is 0 Å². The molecule has 1 aromatic heterocycles. The number of hydrogen-bond acceptors (Lipinski definition) is 3. The fraction of sp³-hybridized carbons (Fsp3) is 0.375. The molecule has 1 rings (SSSR count). The quantitative estimate of drug-likeness (QED) is 0.730. The summed E-state index contributed by atoms with van der Waals surface area (Å²) in [6, 6.07) is 5.12. The molecule has 0 amide bonds. The van der Waals surface area contributed by atoms with Crippen LogP contribution in [0.3, 0.4) is 0 Å². The second-order valence-electron chi connectivity index (χ2n) is 2.95. The normalized spacial score (nSPS) is 11.7. The highest BCUT2D eigenvalue weighted by molar-refractivity contribution is 7.90. The van der Waals surface area contributed by atoms with Crippen molar-refractivity contribution in [2.45, 2.75) is 0 Å². The van der Waals surface area contributed by atoms with Crippen molar-refractivity contribution >= 4 is 16.0 Å². The molecular formula is C8H13N3O2S. The lowest BCUT2D eigenvalue weighted by Crippen LogP contribution is -2.37. The first kappa shape index (κ1) is 10.9. The van der Waals surface area contributed by atoms with Crippen LogP contribution in [-0.4, -0.2) is 38.9 Å². The van der Waals surface area contributed by atoms with E-state index < -0.39 is 10.2 Å². The van der Waals surface area contributed by atoms with Crippen LogP contribution in [0.15, 0.2) is 24.4 Å². The first-order valence-electron chi connectivity index (χ1n) is 4.03. The van der Waals surface area contributed by atoms with E-state index in [2.05, 4.69) is 4.98 Å². The van der Waals surface area contributed by atoms with E-state index in [-0.39, 0.29) is 0 Å².